The molecule has 0 saturated heterocycles. The number of hydrogen-bond donors (Lipinski definition) is 1. The Hall–Kier alpha value is -0.720. The average molecular weight is 153 g/mol. The summed E-state index contributed by atoms with van der Waals surface area (Å²) in [6, 6.07) is 0. The van der Waals surface area contributed by atoms with E-state index >= 15 is 0 Å². The molecule has 1 N–H and O–H groups in total. The molecule has 0 aromatic rings. The van der Waals surface area contributed by atoms with Gasteiger partial charge in [0.15, 0.2) is 0 Å². The van der Waals surface area contributed by atoms with Crippen molar-refractivity contribution in [2.24, 2.45) is 0 Å². The first-order chi connectivity index (χ1) is 5.31. The number of rotatable bonds is 5. The SMILES string of the molecule is CC/C=C\C/C(C)=C/NCC. The van der Waals surface area contributed by atoms with Crippen LogP contribution in [0.4, 0.5) is 0 Å². The Bertz CT molecular complexity index is 134. The maximum absolute atomic E-state index is 3.18. The highest BCUT2D eigenvalue weighted by molar-refractivity contribution is 5.03. The molecule has 0 aliphatic carbocycles. The van der Waals surface area contributed by atoms with Crippen LogP contribution < -0.4 is 5.32 Å². The molecule has 0 unspecified atom stereocenters. The summed E-state index contributed by atoms with van der Waals surface area (Å²) < 4.78 is 0. The fourth-order valence-electron chi connectivity index (χ4n) is 0.771. The minimum absolute atomic E-state index is 1.01. The molecule has 0 spiro atoms. The Morgan fingerprint density at radius 3 is 2.55 bits per heavy atom. The zero-order valence-electron chi connectivity index (χ0n) is 7.85. The largest absolute Gasteiger partial charge is 0.391 e. The molecule has 0 heterocycles. The van der Waals surface area contributed by atoms with Crippen LogP contribution in [0.2, 0.25) is 0 Å². The van der Waals surface area contributed by atoms with E-state index in [4.69, 9.17) is 0 Å². The highest BCUT2D eigenvalue weighted by Crippen LogP contribution is 1.99. The third kappa shape index (κ3) is 7.17. The molecular formula is C10H19N. The minimum Gasteiger partial charge on any atom is -0.391 e. The molecule has 0 amide bonds. The summed E-state index contributed by atoms with van der Waals surface area (Å²) in [6.07, 6.45) is 8.70. The van der Waals surface area contributed by atoms with Crippen molar-refractivity contribution in [3.63, 3.8) is 0 Å². The Balaban J connectivity index is 3.50. The smallest absolute Gasteiger partial charge is 0.0113 e. The second-order valence-electron chi connectivity index (χ2n) is 2.63. The summed E-state index contributed by atoms with van der Waals surface area (Å²) in [5, 5.41) is 3.18. The van der Waals surface area contributed by atoms with E-state index in [9.17, 15) is 0 Å². The Morgan fingerprint density at radius 1 is 1.27 bits per heavy atom. The molecule has 64 valence electrons. The Morgan fingerprint density at radius 2 is 2.00 bits per heavy atom. The molecule has 0 saturated carbocycles. The molecule has 0 atom stereocenters. The zero-order chi connectivity index (χ0) is 8.53. The monoisotopic (exact) mass is 153 g/mol. The summed E-state index contributed by atoms with van der Waals surface area (Å²) >= 11 is 0. The van der Waals surface area contributed by atoms with Gasteiger partial charge in [0.2, 0.25) is 0 Å². The molecule has 0 bridgehead atoms. The van der Waals surface area contributed by atoms with E-state index in [-0.39, 0.29) is 0 Å². The van der Waals surface area contributed by atoms with Gasteiger partial charge < -0.3 is 5.32 Å². The Labute approximate surface area is 70.2 Å². The van der Waals surface area contributed by atoms with Crippen LogP contribution >= 0.6 is 0 Å². The van der Waals surface area contributed by atoms with Gasteiger partial charge in [-0.2, -0.15) is 0 Å². The van der Waals surface area contributed by atoms with E-state index in [1.165, 1.54) is 5.57 Å². The highest BCUT2D eigenvalue weighted by Gasteiger charge is 1.82. The van der Waals surface area contributed by atoms with Crippen molar-refractivity contribution in [2.75, 3.05) is 6.54 Å². The van der Waals surface area contributed by atoms with Crippen LogP contribution in [-0.2, 0) is 0 Å². The van der Waals surface area contributed by atoms with Gasteiger partial charge >= 0.3 is 0 Å². The summed E-state index contributed by atoms with van der Waals surface area (Å²) in [7, 11) is 0. The lowest BCUT2D eigenvalue weighted by Crippen LogP contribution is -2.02. The first-order valence-corrected chi connectivity index (χ1v) is 4.35. The lowest BCUT2D eigenvalue weighted by atomic mass is 10.2. The molecule has 0 aliphatic rings. The fraction of sp³-hybridized carbons (Fsp3) is 0.600. The van der Waals surface area contributed by atoms with Crippen molar-refractivity contribution < 1.29 is 0 Å². The van der Waals surface area contributed by atoms with Crippen LogP contribution in [0.3, 0.4) is 0 Å². The fourth-order valence-corrected chi connectivity index (χ4v) is 0.771. The molecule has 1 nitrogen and oxygen atoms in total. The topological polar surface area (TPSA) is 12.0 Å². The lowest BCUT2D eigenvalue weighted by Gasteiger charge is -1.96. The molecule has 0 aromatic carbocycles. The van der Waals surface area contributed by atoms with Gasteiger partial charge in [-0.1, -0.05) is 24.6 Å². The summed E-state index contributed by atoms with van der Waals surface area (Å²) in [6.45, 7) is 7.41. The molecule has 0 aliphatic heterocycles. The quantitative estimate of drug-likeness (QED) is 0.599. The van der Waals surface area contributed by atoms with Gasteiger partial charge in [0, 0.05) is 6.54 Å². The number of allylic oxidation sites excluding steroid dienone is 3. The van der Waals surface area contributed by atoms with Crippen LogP contribution in [0.1, 0.15) is 33.6 Å². The standard InChI is InChI=1S/C10H19N/c1-4-6-7-8-10(3)9-11-5-2/h6-7,9,11H,4-5,8H2,1-3H3/b7-6-,10-9+. The molecule has 0 fully saturated rings. The second-order valence-corrected chi connectivity index (χ2v) is 2.63. The van der Waals surface area contributed by atoms with Crippen molar-refractivity contribution in [3.8, 4) is 0 Å². The highest BCUT2D eigenvalue weighted by atomic mass is 14.8. The van der Waals surface area contributed by atoms with Gasteiger partial charge in [0.1, 0.15) is 0 Å². The van der Waals surface area contributed by atoms with Crippen LogP contribution in [0.15, 0.2) is 23.9 Å². The van der Waals surface area contributed by atoms with Gasteiger partial charge in [0.25, 0.3) is 0 Å². The van der Waals surface area contributed by atoms with Crippen molar-refractivity contribution in [1.29, 1.82) is 0 Å². The number of nitrogens with one attached hydrogen (secondary N) is 1. The van der Waals surface area contributed by atoms with Crippen molar-refractivity contribution in [2.45, 2.75) is 33.6 Å². The first-order valence-electron chi connectivity index (χ1n) is 4.35. The normalized spacial score (nSPS) is 12.5. The first kappa shape index (κ1) is 10.3. The Kier molecular flexibility index (Phi) is 6.90. The minimum atomic E-state index is 1.01. The molecular weight excluding hydrogens is 134 g/mol. The van der Waals surface area contributed by atoms with E-state index in [0.717, 1.165) is 19.4 Å². The van der Waals surface area contributed by atoms with E-state index < -0.39 is 0 Å². The van der Waals surface area contributed by atoms with Gasteiger partial charge in [-0.15, -0.1) is 0 Å². The number of hydrogen-bond acceptors (Lipinski definition) is 1. The van der Waals surface area contributed by atoms with Crippen molar-refractivity contribution in [3.05, 3.63) is 23.9 Å². The zero-order valence-corrected chi connectivity index (χ0v) is 7.85. The second kappa shape index (κ2) is 7.39. The van der Waals surface area contributed by atoms with Gasteiger partial charge in [0.05, 0.1) is 0 Å². The third-order valence-corrected chi connectivity index (χ3v) is 1.39. The van der Waals surface area contributed by atoms with Crippen LogP contribution in [0.25, 0.3) is 0 Å². The van der Waals surface area contributed by atoms with E-state index in [1.807, 2.05) is 0 Å². The predicted molar refractivity (Wildman–Crippen MR) is 51.5 cm³/mol. The van der Waals surface area contributed by atoms with Gasteiger partial charge in [-0.25, -0.2) is 0 Å². The predicted octanol–water partition coefficient (Wildman–Crippen LogP) is 2.86. The van der Waals surface area contributed by atoms with Crippen molar-refractivity contribution >= 4 is 0 Å². The third-order valence-electron chi connectivity index (χ3n) is 1.39. The van der Waals surface area contributed by atoms with E-state index in [1.54, 1.807) is 0 Å². The molecule has 0 radical (unpaired) electrons. The molecule has 0 aromatic heterocycles. The average Bonchev–Trinajstić information content (AvgIpc) is 2.01. The summed E-state index contributed by atoms with van der Waals surface area (Å²) in [5.74, 6) is 0. The van der Waals surface area contributed by atoms with Crippen LogP contribution in [-0.4, -0.2) is 6.54 Å². The van der Waals surface area contributed by atoms with Crippen LogP contribution in [0, 0.1) is 0 Å². The van der Waals surface area contributed by atoms with E-state index in [0.29, 0.717) is 0 Å². The maximum Gasteiger partial charge on any atom is 0.0113 e. The maximum atomic E-state index is 3.18. The molecule has 0 rings (SSSR count). The van der Waals surface area contributed by atoms with Gasteiger partial charge in [-0.05, 0) is 32.9 Å². The molecule has 11 heavy (non-hydrogen) atoms. The summed E-state index contributed by atoms with van der Waals surface area (Å²) in [5.41, 5.74) is 1.39. The lowest BCUT2D eigenvalue weighted by molar-refractivity contribution is 0.900. The van der Waals surface area contributed by atoms with Gasteiger partial charge in [-0.3, -0.25) is 0 Å². The van der Waals surface area contributed by atoms with Crippen LogP contribution in [0.5, 0.6) is 0 Å². The molecule has 1 heteroatoms. The van der Waals surface area contributed by atoms with E-state index in [2.05, 4.69) is 44.4 Å². The summed E-state index contributed by atoms with van der Waals surface area (Å²) in [4.78, 5) is 0. The van der Waals surface area contributed by atoms with Crippen molar-refractivity contribution in [1.82, 2.24) is 5.32 Å².